The van der Waals surface area contributed by atoms with E-state index < -0.39 is 16.7 Å². The first-order valence-corrected chi connectivity index (χ1v) is 11.1. The lowest BCUT2D eigenvalue weighted by molar-refractivity contribution is -0.153. The van der Waals surface area contributed by atoms with Crippen molar-refractivity contribution in [2.75, 3.05) is 31.9 Å². The topological polar surface area (TPSA) is 122 Å². The SMILES string of the molecule is CC1(C(=O)NCC2(C(N)=O)CN(C(=O)C3CSc4ccccc43)C2)CCNC(=O)C1. The van der Waals surface area contributed by atoms with Gasteiger partial charge in [-0.15, -0.1) is 11.8 Å². The highest BCUT2D eigenvalue weighted by molar-refractivity contribution is 7.99. The number of piperidine rings is 1. The molecule has 3 aliphatic rings. The third-order valence-corrected chi connectivity index (χ3v) is 7.69. The average Bonchev–Trinajstić information content (AvgIpc) is 3.10. The minimum absolute atomic E-state index is 0.00781. The van der Waals surface area contributed by atoms with Crippen molar-refractivity contribution in [2.24, 2.45) is 16.6 Å². The smallest absolute Gasteiger partial charge is 0.231 e. The van der Waals surface area contributed by atoms with Gasteiger partial charge in [0.1, 0.15) is 5.41 Å². The molecule has 4 rings (SSSR count). The predicted octanol–water partition coefficient (Wildman–Crippen LogP) is 0.222. The van der Waals surface area contributed by atoms with Gasteiger partial charge in [-0.25, -0.2) is 0 Å². The third-order valence-electron chi connectivity index (χ3n) is 6.50. The van der Waals surface area contributed by atoms with Crippen LogP contribution in [0.5, 0.6) is 0 Å². The summed E-state index contributed by atoms with van der Waals surface area (Å²) in [6.45, 7) is 2.67. The number of primary amides is 1. The maximum Gasteiger partial charge on any atom is 0.231 e. The van der Waals surface area contributed by atoms with E-state index in [1.165, 1.54) is 0 Å². The van der Waals surface area contributed by atoms with E-state index in [1.54, 1.807) is 23.6 Å². The van der Waals surface area contributed by atoms with Crippen LogP contribution >= 0.6 is 11.8 Å². The summed E-state index contributed by atoms with van der Waals surface area (Å²) in [5.74, 6) is -0.477. The number of nitrogens with one attached hydrogen (secondary N) is 2. The molecule has 2 atom stereocenters. The second-order valence-electron chi connectivity index (χ2n) is 8.76. The summed E-state index contributed by atoms with van der Waals surface area (Å²) in [5.41, 5.74) is 4.91. The van der Waals surface area contributed by atoms with Crippen molar-refractivity contribution in [1.29, 1.82) is 0 Å². The van der Waals surface area contributed by atoms with Crippen LogP contribution in [0.3, 0.4) is 0 Å². The molecule has 160 valence electrons. The van der Waals surface area contributed by atoms with Gasteiger partial charge in [-0.05, 0) is 18.1 Å². The Morgan fingerprint density at radius 1 is 1.30 bits per heavy atom. The Labute approximate surface area is 179 Å². The summed E-state index contributed by atoms with van der Waals surface area (Å²) < 4.78 is 0. The van der Waals surface area contributed by atoms with Crippen LogP contribution in [0.2, 0.25) is 0 Å². The summed E-state index contributed by atoms with van der Waals surface area (Å²) in [6, 6.07) is 7.87. The highest BCUT2D eigenvalue weighted by Crippen LogP contribution is 2.42. The van der Waals surface area contributed by atoms with Gasteiger partial charge in [0.25, 0.3) is 0 Å². The Hall–Kier alpha value is -2.55. The van der Waals surface area contributed by atoms with Crippen molar-refractivity contribution in [1.82, 2.24) is 15.5 Å². The molecule has 9 heteroatoms. The van der Waals surface area contributed by atoms with E-state index in [-0.39, 0.29) is 49.7 Å². The quantitative estimate of drug-likeness (QED) is 0.617. The number of nitrogens with two attached hydrogens (primary N) is 1. The summed E-state index contributed by atoms with van der Waals surface area (Å²) in [6.07, 6.45) is 0.656. The van der Waals surface area contributed by atoms with Gasteiger partial charge in [-0.1, -0.05) is 25.1 Å². The summed E-state index contributed by atoms with van der Waals surface area (Å²) in [5, 5.41) is 5.54. The summed E-state index contributed by atoms with van der Waals surface area (Å²) in [7, 11) is 0. The maximum atomic E-state index is 13.0. The Bertz CT molecular complexity index is 914. The van der Waals surface area contributed by atoms with E-state index in [2.05, 4.69) is 10.6 Å². The second kappa shape index (κ2) is 7.61. The number of fused-ring (bicyclic) bond motifs is 1. The molecule has 3 heterocycles. The molecular formula is C21H26N4O4S. The van der Waals surface area contributed by atoms with Gasteiger partial charge < -0.3 is 21.3 Å². The van der Waals surface area contributed by atoms with Crippen molar-refractivity contribution in [3.05, 3.63) is 29.8 Å². The first kappa shape index (κ1) is 20.7. The Kier molecular flexibility index (Phi) is 5.25. The van der Waals surface area contributed by atoms with Gasteiger partial charge in [0.15, 0.2) is 0 Å². The number of likely N-dealkylation sites (tertiary alicyclic amines) is 1. The normalized spacial score (nSPS) is 26.9. The lowest BCUT2D eigenvalue weighted by atomic mass is 9.76. The van der Waals surface area contributed by atoms with Gasteiger partial charge in [-0.2, -0.15) is 0 Å². The Morgan fingerprint density at radius 2 is 2.03 bits per heavy atom. The summed E-state index contributed by atoms with van der Waals surface area (Å²) >= 11 is 1.66. The van der Waals surface area contributed by atoms with Crippen molar-refractivity contribution in [3.8, 4) is 0 Å². The fourth-order valence-electron chi connectivity index (χ4n) is 4.42. The first-order chi connectivity index (χ1) is 14.2. The average molecular weight is 431 g/mol. The fraction of sp³-hybridized carbons (Fsp3) is 0.524. The van der Waals surface area contributed by atoms with Gasteiger partial charge in [0.2, 0.25) is 23.6 Å². The van der Waals surface area contributed by atoms with E-state index in [1.807, 2.05) is 24.3 Å². The van der Waals surface area contributed by atoms with Crippen LogP contribution in [0.4, 0.5) is 0 Å². The number of nitrogens with zero attached hydrogens (tertiary/aromatic N) is 1. The van der Waals surface area contributed by atoms with E-state index in [4.69, 9.17) is 5.73 Å². The number of hydrogen-bond donors (Lipinski definition) is 3. The number of amides is 4. The molecule has 8 nitrogen and oxygen atoms in total. The van der Waals surface area contributed by atoms with Crippen LogP contribution in [0.15, 0.2) is 29.2 Å². The molecule has 3 aliphatic heterocycles. The number of rotatable bonds is 5. The molecule has 4 N–H and O–H groups in total. The van der Waals surface area contributed by atoms with E-state index in [9.17, 15) is 19.2 Å². The third kappa shape index (κ3) is 3.55. The highest BCUT2D eigenvalue weighted by atomic mass is 32.2. The number of carbonyl (C=O) groups is 4. The van der Waals surface area contributed by atoms with Crippen molar-refractivity contribution >= 4 is 35.4 Å². The van der Waals surface area contributed by atoms with Crippen LogP contribution in [0.1, 0.15) is 31.2 Å². The Balaban J connectivity index is 1.38. The fourth-order valence-corrected chi connectivity index (χ4v) is 5.64. The molecule has 0 spiro atoms. The molecule has 0 aliphatic carbocycles. The van der Waals surface area contributed by atoms with Crippen LogP contribution in [-0.4, -0.2) is 60.5 Å². The number of carbonyl (C=O) groups excluding carboxylic acids is 4. The van der Waals surface area contributed by atoms with E-state index >= 15 is 0 Å². The van der Waals surface area contributed by atoms with Crippen molar-refractivity contribution in [2.45, 2.75) is 30.6 Å². The molecule has 30 heavy (non-hydrogen) atoms. The second-order valence-corrected chi connectivity index (χ2v) is 9.82. The zero-order chi connectivity index (χ0) is 21.5. The molecule has 2 fully saturated rings. The predicted molar refractivity (Wildman–Crippen MR) is 111 cm³/mol. The largest absolute Gasteiger partial charge is 0.369 e. The molecule has 1 aromatic rings. The van der Waals surface area contributed by atoms with Crippen LogP contribution < -0.4 is 16.4 Å². The minimum Gasteiger partial charge on any atom is -0.369 e. The standard InChI is InChI=1S/C21H26N4O4S/c1-20(6-7-23-16(26)8-20)19(29)24-10-21(18(22)28)11-25(12-21)17(27)14-9-30-15-5-3-2-4-13(14)15/h2-5,14H,6-12H2,1H3,(H2,22,28)(H,23,26)(H,24,29). The van der Waals surface area contributed by atoms with Crippen molar-refractivity contribution in [3.63, 3.8) is 0 Å². The lowest BCUT2D eigenvalue weighted by Gasteiger charge is -2.49. The number of hydrogen-bond acceptors (Lipinski definition) is 5. The van der Waals surface area contributed by atoms with E-state index in [0.717, 1.165) is 10.5 Å². The van der Waals surface area contributed by atoms with Gasteiger partial charge in [0.05, 0.1) is 11.3 Å². The maximum absolute atomic E-state index is 13.0. The van der Waals surface area contributed by atoms with E-state index in [0.29, 0.717) is 18.7 Å². The Morgan fingerprint density at radius 3 is 2.73 bits per heavy atom. The van der Waals surface area contributed by atoms with Crippen LogP contribution in [-0.2, 0) is 19.2 Å². The van der Waals surface area contributed by atoms with Gasteiger partial charge in [-0.3, -0.25) is 19.2 Å². The summed E-state index contributed by atoms with van der Waals surface area (Å²) in [4.78, 5) is 52.3. The van der Waals surface area contributed by atoms with Gasteiger partial charge in [0, 0.05) is 43.2 Å². The molecule has 1 aromatic carbocycles. The molecule has 0 radical (unpaired) electrons. The zero-order valence-corrected chi connectivity index (χ0v) is 17.7. The molecular weight excluding hydrogens is 404 g/mol. The van der Waals surface area contributed by atoms with Crippen LogP contribution in [0.25, 0.3) is 0 Å². The molecule has 4 amide bonds. The number of benzene rings is 1. The molecule has 2 saturated heterocycles. The number of thioether (sulfide) groups is 1. The van der Waals surface area contributed by atoms with Crippen LogP contribution in [0, 0.1) is 10.8 Å². The zero-order valence-electron chi connectivity index (χ0n) is 16.9. The molecule has 0 saturated carbocycles. The highest BCUT2D eigenvalue weighted by Gasteiger charge is 2.52. The molecule has 0 bridgehead atoms. The minimum atomic E-state index is -0.968. The van der Waals surface area contributed by atoms with Crippen molar-refractivity contribution < 1.29 is 19.2 Å². The molecule has 2 unspecified atom stereocenters. The first-order valence-electron chi connectivity index (χ1n) is 10.1. The lowest BCUT2D eigenvalue weighted by Crippen LogP contribution is -2.68. The molecule has 0 aromatic heterocycles. The van der Waals surface area contributed by atoms with Gasteiger partial charge >= 0.3 is 0 Å². The monoisotopic (exact) mass is 430 g/mol.